The van der Waals surface area contributed by atoms with Crippen molar-refractivity contribution in [1.29, 1.82) is 0 Å². The van der Waals surface area contributed by atoms with E-state index in [0.717, 1.165) is 27.5 Å². The summed E-state index contributed by atoms with van der Waals surface area (Å²) in [7, 11) is 0. The normalized spacial score (nSPS) is 10.8. The number of nitrogens with one attached hydrogen (secondary N) is 1. The lowest BCUT2D eigenvalue weighted by atomic mass is 10.2. The summed E-state index contributed by atoms with van der Waals surface area (Å²) in [5.41, 5.74) is 1.08. The van der Waals surface area contributed by atoms with Gasteiger partial charge in [-0.05, 0) is 42.4 Å². The summed E-state index contributed by atoms with van der Waals surface area (Å²) < 4.78 is 27.6. The van der Waals surface area contributed by atoms with Gasteiger partial charge in [0.1, 0.15) is 11.6 Å². The highest BCUT2D eigenvalue weighted by molar-refractivity contribution is 9.10. The second kappa shape index (κ2) is 7.20. The summed E-state index contributed by atoms with van der Waals surface area (Å²) in [6.45, 7) is 3.60. The molecule has 0 spiro atoms. The van der Waals surface area contributed by atoms with Crippen LogP contribution >= 0.6 is 27.7 Å². The van der Waals surface area contributed by atoms with Gasteiger partial charge >= 0.3 is 0 Å². The van der Waals surface area contributed by atoms with Crippen molar-refractivity contribution in [2.45, 2.75) is 23.3 Å². The van der Waals surface area contributed by atoms with Gasteiger partial charge in [-0.1, -0.05) is 34.6 Å². The quantitative estimate of drug-likeness (QED) is 0.808. The highest BCUT2D eigenvalue weighted by Gasteiger charge is 2.09. The van der Waals surface area contributed by atoms with Crippen molar-refractivity contribution in [3.8, 4) is 0 Å². The van der Waals surface area contributed by atoms with Crippen LogP contribution in [0.5, 0.6) is 0 Å². The molecule has 0 aliphatic carbocycles. The fourth-order valence-electron chi connectivity index (χ4n) is 1.72. The van der Waals surface area contributed by atoms with Crippen LogP contribution in [0.2, 0.25) is 0 Å². The summed E-state index contributed by atoms with van der Waals surface area (Å²) in [6, 6.07) is 9.50. The van der Waals surface area contributed by atoms with E-state index in [9.17, 15) is 8.78 Å². The van der Waals surface area contributed by atoms with E-state index in [1.165, 1.54) is 23.9 Å². The van der Waals surface area contributed by atoms with E-state index in [-0.39, 0.29) is 0 Å². The summed E-state index contributed by atoms with van der Waals surface area (Å²) in [6.07, 6.45) is 0. The molecule has 2 aromatic rings. The maximum absolute atomic E-state index is 13.7. The Balaban J connectivity index is 2.27. The third kappa shape index (κ3) is 4.04. The molecule has 5 heteroatoms. The van der Waals surface area contributed by atoms with Gasteiger partial charge in [-0.15, -0.1) is 0 Å². The molecule has 0 aliphatic heterocycles. The van der Waals surface area contributed by atoms with Gasteiger partial charge in [-0.2, -0.15) is 0 Å². The molecular formula is C15H14BrF2NS. The monoisotopic (exact) mass is 357 g/mol. The van der Waals surface area contributed by atoms with E-state index in [2.05, 4.69) is 21.2 Å². The lowest BCUT2D eigenvalue weighted by molar-refractivity contribution is 0.565. The fourth-order valence-corrected chi connectivity index (χ4v) is 3.06. The zero-order chi connectivity index (χ0) is 14.5. The van der Waals surface area contributed by atoms with Gasteiger partial charge in [0.25, 0.3) is 0 Å². The molecule has 1 N–H and O–H groups in total. The topological polar surface area (TPSA) is 12.0 Å². The Kier molecular flexibility index (Phi) is 5.57. The molecule has 20 heavy (non-hydrogen) atoms. The molecule has 0 fully saturated rings. The molecule has 106 valence electrons. The van der Waals surface area contributed by atoms with E-state index in [4.69, 9.17) is 0 Å². The first-order chi connectivity index (χ1) is 9.60. The predicted molar refractivity (Wildman–Crippen MR) is 82.0 cm³/mol. The number of rotatable bonds is 5. The summed E-state index contributed by atoms with van der Waals surface area (Å²) >= 11 is 4.74. The SMILES string of the molecule is CCNCc1cc(Br)ccc1Sc1ccc(F)cc1F. The van der Waals surface area contributed by atoms with E-state index in [1.54, 1.807) is 0 Å². The van der Waals surface area contributed by atoms with Crippen LogP contribution in [0, 0.1) is 11.6 Å². The summed E-state index contributed by atoms with van der Waals surface area (Å²) in [4.78, 5) is 1.38. The van der Waals surface area contributed by atoms with Crippen molar-refractivity contribution in [3.05, 3.63) is 58.1 Å². The molecule has 0 heterocycles. The smallest absolute Gasteiger partial charge is 0.140 e. The average Bonchev–Trinajstić information content (AvgIpc) is 2.41. The minimum atomic E-state index is -0.560. The van der Waals surface area contributed by atoms with Crippen LogP contribution < -0.4 is 5.32 Å². The molecule has 0 aliphatic rings. The lowest BCUT2D eigenvalue weighted by Crippen LogP contribution is -2.12. The van der Waals surface area contributed by atoms with Crippen LogP contribution in [0.25, 0.3) is 0 Å². The molecular weight excluding hydrogens is 344 g/mol. The van der Waals surface area contributed by atoms with Crippen LogP contribution in [0.4, 0.5) is 8.78 Å². The summed E-state index contributed by atoms with van der Waals surface area (Å²) in [5, 5.41) is 3.25. The second-order valence-corrected chi connectivity index (χ2v) is 6.21. The Hall–Kier alpha value is -0.910. The van der Waals surface area contributed by atoms with Gasteiger partial charge in [-0.25, -0.2) is 8.78 Å². The van der Waals surface area contributed by atoms with Crippen molar-refractivity contribution in [1.82, 2.24) is 5.32 Å². The third-order valence-electron chi connectivity index (χ3n) is 2.70. The number of halogens is 3. The third-order valence-corrected chi connectivity index (χ3v) is 4.36. The fraction of sp³-hybridized carbons (Fsp3) is 0.200. The van der Waals surface area contributed by atoms with Gasteiger partial charge < -0.3 is 5.32 Å². The Morgan fingerprint density at radius 3 is 2.55 bits per heavy atom. The molecule has 0 aromatic heterocycles. The molecule has 0 saturated carbocycles. The standard InChI is InChI=1S/C15H14BrF2NS/c1-2-19-9-10-7-11(16)3-5-14(10)20-15-6-4-12(17)8-13(15)18/h3-8,19H,2,9H2,1H3. The van der Waals surface area contributed by atoms with Crippen LogP contribution in [-0.2, 0) is 6.54 Å². The highest BCUT2D eigenvalue weighted by atomic mass is 79.9. The molecule has 0 saturated heterocycles. The van der Waals surface area contributed by atoms with Crippen LogP contribution in [-0.4, -0.2) is 6.54 Å². The first-order valence-electron chi connectivity index (χ1n) is 6.22. The van der Waals surface area contributed by atoms with Crippen molar-refractivity contribution in [2.75, 3.05) is 6.54 Å². The zero-order valence-corrected chi connectivity index (χ0v) is 13.3. The average molecular weight is 358 g/mol. The van der Waals surface area contributed by atoms with E-state index in [0.29, 0.717) is 11.4 Å². The van der Waals surface area contributed by atoms with Gasteiger partial charge in [0.15, 0.2) is 0 Å². The van der Waals surface area contributed by atoms with Crippen molar-refractivity contribution >= 4 is 27.7 Å². The maximum Gasteiger partial charge on any atom is 0.140 e. The molecule has 0 radical (unpaired) electrons. The van der Waals surface area contributed by atoms with Gasteiger partial charge in [0.2, 0.25) is 0 Å². The van der Waals surface area contributed by atoms with Crippen LogP contribution in [0.15, 0.2) is 50.7 Å². The molecule has 2 rings (SSSR count). The number of hydrogen-bond acceptors (Lipinski definition) is 2. The largest absolute Gasteiger partial charge is 0.313 e. The molecule has 2 aromatic carbocycles. The molecule has 0 unspecified atom stereocenters. The van der Waals surface area contributed by atoms with Crippen LogP contribution in [0.1, 0.15) is 12.5 Å². The minimum absolute atomic E-state index is 0.423. The zero-order valence-electron chi connectivity index (χ0n) is 10.9. The number of hydrogen-bond donors (Lipinski definition) is 1. The van der Waals surface area contributed by atoms with Crippen molar-refractivity contribution in [2.24, 2.45) is 0 Å². The minimum Gasteiger partial charge on any atom is -0.313 e. The van der Waals surface area contributed by atoms with E-state index >= 15 is 0 Å². The van der Waals surface area contributed by atoms with Crippen molar-refractivity contribution < 1.29 is 8.78 Å². The maximum atomic E-state index is 13.7. The second-order valence-electron chi connectivity index (χ2n) is 4.21. The Morgan fingerprint density at radius 2 is 1.85 bits per heavy atom. The Morgan fingerprint density at radius 1 is 1.10 bits per heavy atom. The predicted octanol–water partition coefficient (Wildman–Crippen LogP) is 4.99. The van der Waals surface area contributed by atoms with Gasteiger partial charge in [0, 0.05) is 26.9 Å². The first-order valence-corrected chi connectivity index (χ1v) is 7.83. The molecule has 1 nitrogen and oxygen atoms in total. The van der Waals surface area contributed by atoms with E-state index < -0.39 is 11.6 Å². The summed E-state index contributed by atoms with van der Waals surface area (Å²) in [5.74, 6) is -1.09. The Bertz CT molecular complexity index is 604. The lowest BCUT2D eigenvalue weighted by Gasteiger charge is -2.11. The highest BCUT2D eigenvalue weighted by Crippen LogP contribution is 2.33. The molecule has 0 bridgehead atoms. The Labute approximate surface area is 129 Å². The van der Waals surface area contributed by atoms with E-state index in [1.807, 2.05) is 25.1 Å². The van der Waals surface area contributed by atoms with Crippen LogP contribution in [0.3, 0.4) is 0 Å². The van der Waals surface area contributed by atoms with Gasteiger partial charge in [-0.3, -0.25) is 0 Å². The molecule has 0 atom stereocenters. The number of benzene rings is 2. The van der Waals surface area contributed by atoms with Gasteiger partial charge in [0.05, 0.1) is 0 Å². The molecule has 0 amide bonds. The first kappa shape index (κ1) is 15.5. The van der Waals surface area contributed by atoms with Crippen molar-refractivity contribution in [3.63, 3.8) is 0 Å².